The topological polar surface area (TPSA) is 59.2 Å². The van der Waals surface area contributed by atoms with E-state index in [-0.39, 0.29) is 5.91 Å². The van der Waals surface area contributed by atoms with Crippen molar-refractivity contribution in [3.05, 3.63) is 77.7 Å². The highest BCUT2D eigenvalue weighted by Crippen LogP contribution is 2.30. The zero-order valence-electron chi connectivity index (χ0n) is 16.5. The third kappa shape index (κ3) is 5.48. The average Bonchev–Trinajstić information content (AvgIpc) is 3.51. The van der Waals surface area contributed by atoms with E-state index in [1.54, 1.807) is 0 Å². The quantitative estimate of drug-likeness (QED) is 0.481. The molecule has 0 aliphatic heterocycles. The SMILES string of the molecule is CC(Cc1nnc(SCC(=O)N(Cc2ccccc2)C2CC2)o1)c1ccccc1. The molecule has 1 unspecified atom stereocenters. The lowest BCUT2D eigenvalue weighted by Crippen LogP contribution is -2.33. The van der Waals surface area contributed by atoms with Crippen molar-refractivity contribution in [2.24, 2.45) is 0 Å². The van der Waals surface area contributed by atoms with Crippen LogP contribution in [0.2, 0.25) is 0 Å². The van der Waals surface area contributed by atoms with Gasteiger partial charge >= 0.3 is 0 Å². The first-order valence-corrected chi connectivity index (χ1v) is 11.0. The minimum absolute atomic E-state index is 0.124. The molecule has 0 N–H and O–H groups in total. The molecule has 0 spiro atoms. The maximum absolute atomic E-state index is 12.8. The fourth-order valence-electron chi connectivity index (χ4n) is 3.33. The van der Waals surface area contributed by atoms with Crippen molar-refractivity contribution in [1.82, 2.24) is 15.1 Å². The summed E-state index contributed by atoms with van der Waals surface area (Å²) in [5.74, 6) is 1.35. The summed E-state index contributed by atoms with van der Waals surface area (Å²) in [7, 11) is 0. The summed E-state index contributed by atoms with van der Waals surface area (Å²) < 4.78 is 5.77. The first kappa shape index (κ1) is 19.7. The van der Waals surface area contributed by atoms with Gasteiger partial charge in [0.05, 0.1) is 5.75 Å². The summed E-state index contributed by atoms with van der Waals surface area (Å²) >= 11 is 1.32. The number of thioether (sulfide) groups is 1. The Morgan fingerprint density at radius 1 is 1.10 bits per heavy atom. The molecule has 1 amide bonds. The van der Waals surface area contributed by atoms with Gasteiger partial charge in [0.1, 0.15) is 0 Å². The lowest BCUT2D eigenvalue weighted by molar-refractivity contribution is -0.129. The van der Waals surface area contributed by atoms with Gasteiger partial charge in [-0.15, -0.1) is 10.2 Å². The molecule has 4 rings (SSSR count). The summed E-state index contributed by atoms with van der Waals surface area (Å²) in [6.07, 6.45) is 2.87. The van der Waals surface area contributed by atoms with E-state index in [0.29, 0.717) is 41.8 Å². The zero-order chi connectivity index (χ0) is 20.1. The Balaban J connectivity index is 1.31. The Bertz CT molecular complexity index is 926. The van der Waals surface area contributed by atoms with Crippen LogP contribution in [0, 0.1) is 0 Å². The Kier molecular flexibility index (Phi) is 6.30. The number of hydrogen-bond acceptors (Lipinski definition) is 5. The van der Waals surface area contributed by atoms with Crippen molar-refractivity contribution in [2.75, 3.05) is 5.75 Å². The van der Waals surface area contributed by atoms with Crippen LogP contribution in [0.1, 0.15) is 42.7 Å². The van der Waals surface area contributed by atoms with Gasteiger partial charge in [-0.25, -0.2) is 0 Å². The van der Waals surface area contributed by atoms with Crippen LogP contribution >= 0.6 is 11.8 Å². The van der Waals surface area contributed by atoms with Crippen molar-refractivity contribution in [3.8, 4) is 0 Å². The van der Waals surface area contributed by atoms with Gasteiger partial charge in [-0.1, -0.05) is 79.3 Å². The molecule has 2 aromatic carbocycles. The van der Waals surface area contributed by atoms with Gasteiger partial charge in [0.2, 0.25) is 11.8 Å². The van der Waals surface area contributed by atoms with Crippen LogP contribution in [0.25, 0.3) is 0 Å². The molecule has 1 aliphatic rings. The van der Waals surface area contributed by atoms with Gasteiger partial charge in [-0.2, -0.15) is 0 Å². The molecule has 1 aliphatic carbocycles. The van der Waals surface area contributed by atoms with Crippen LogP contribution in [-0.4, -0.2) is 32.8 Å². The first-order chi connectivity index (χ1) is 14.2. The minimum atomic E-state index is 0.124. The number of nitrogens with zero attached hydrogens (tertiary/aromatic N) is 3. The largest absolute Gasteiger partial charge is 0.416 e. The van der Waals surface area contributed by atoms with Crippen LogP contribution in [0.3, 0.4) is 0 Å². The van der Waals surface area contributed by atoms with E-state index in [1.165, 1.54) is 17.3 Å². The number of carbonyl (C=O) groups excluding carboxylic acids is 1. The second-order valence-electron chi connectivity index (χ2n) is 7.50. The highest BCUT2D eigenvalue weighted by Gasteiger charge is 2.32. The zero-order valence-corrected chi connectivity index (χ0v) is 17.3. The van der Waals surface area contributed by atoms with Crippen LogP contribution in [0.5, 0.6) is 0 Å². The number of aromatic nitrogens is 2. The van der Waals surface area contributed by atoms with E-state index in [1.807, 2.05) is 41.3 Å². The third-order valence-electron chi connectivity index (χ3n) is 5.12. The molecule has 3 aromatic rings. The summed E-state index contributed by atoms with van der Waals surface area (Å²) in [6, 6.07) is 20.8. The van der Waals surface area contributed by atoms with E-state index in [9.17, 15) is 4.79 Å². The Morgan fingerprint density at radius 2 is 1.79 bits per heavy atom. The molecule has 29 heavy (non-hydrogen) atoms. The Labute approximate surface area is 175 Å². The molecule has 1 fully saturated rings. The molecule has 6 heteroatoms. The average molecular weight is 408 g/mol. The highest BCUT2D eigenvalue weighted by molar-refractivity contribution is 7.99. The summed E-state index contributed by atoms with van der Waals surface area (Å²) in [5.41, 5.74) is 2.41. The lowest BCUT2D eigenvalue weighted by atomic mass is 9.98. The molecule has 150 valence electrons. The second-order valence-corrected chi connectivity index (χ2v) is 8.43. The lowest BCUT2D eigenvalue weighted by Gasteiger charge is -2.22. The molecule has 1 atom stereocenters. The van der Waals surface area contributed by atoms with Gasteiger partial charge in [0.25, 0.3) is 5.22 Å². The normalized spacial score (nSPS) is 14.5. The molecule has 1 saturated carbocycles. The molecule has 5 nitrogen and oxygen atoms in total. The molecular weight excluding hydrogens is 382 g/mol. The van der Waals surface area contributed by atoms with Crippen molar-refractivity contribution < 1.29 is 9.21 Å². The van der Waals surface area contributed by atoms with Crippen molar-refractivity contribution >= 4 is 17.7 Å². The molecular formula is C23H25N3O2S. The van der Waals surface area contributed by atoms with Gasteiger partial charge in [0, 0.05) is 19.0 Å². The monoisotopic (exact) mass is 407 g/mol. The van der Waals surface area contributed by atoms with E-state index in [2.05, 4.69) is 41.4 Å². The molecule has 1 heterocycles. The summed E-state index contributed by atoms with van der Waals surface area (Å²) in [4.78, 5) is 14.8. The summed E-state index contributed by atoms with van der Waals surface area (Å²) in [5, 5.41) is 8.73. The predicted octanol–water partition coefficient (Wildman–Crippen LogP) is 4.70. The molecule has 0 bridgehead atoms. The number of rotatable bonds is 9. The standard InChI is InChI=1S/C23H25N3O2S/c1-17(19-10-6-3-7-11-19)14-21-24-25-23(28-21)29-16-22(27)26(20-12-13-20)15-18-8-4-2-5-9-18/h2-11,17,20H,12-16H2,1H3. The number of carbonyl (C=O) groups is 1. The predicted molar refractivity (Wildman–Crippen MR) is 114 cm³/mol. The Hall–Kier alpha value is -2.60. The highest BCUT2D eigenvalue weighted by atomic mass is 32.2. The minimum Gasteiger partial charge on any atom is -0.416 e. The van der Waals surface area contributed by atoms with Crippen molar-refractivity contribution in [3.63, 3.8) is 0 Å². The van der Waals surface area contributed by atoms with Crippen molar-refractivity contribution in [1.29, 1.82) is 0 Å². The maximum Gasteiger partial charge on any atom is 0.277 e. The van der Waals surface area contributed by atoms with Crippen molar-refractivity contribution in [2.45, 2.75) is 49.9 Å². The van der Waals surface area contributed by atoms with E-state index < -0.39 is 0 Å². The fraction of sp³-hybridized carbons (Fsp3) is 0.348. The maximum atomic E-state index is 12.8. The third-order valence-corrected chi connectivity index (χ3v) is 5.92. The molecule has 1 aromatic heterocycles. The molecule has 0 saturated heterocycles. The second kappa shape index (κ2) is 9.27. The smallest absolute Gasteiger partial charge is 0.277 e. The van der Waals surface area contributed by atoms with E-state index in [4.69, 9.17) is 4.42 Å². The number of hydrogen-bond donors (Lipinski definition) is 0. The fourth-order valence-corrected chi connectivity index (χ4v) is 4.00. The van der Waals surface area contributed by atoms with Crippen LogP contribution < -0.4 is 0 Å². The number of amides is 1. The van der Waals surface area contributed by atoms with Gasteiger partial charge in [0.15, 0.2) is 0 Å². The van der Waals surface area contributed by atoms with Crippen LogP contribution in [0.15, 0.2) is 70.3 Å². The van der Waals surface area contributed by atoms with Crippen LogP contribution in [0.4, 0.5) is 0 Å². The first-order valence-electron chi connectivity index (χ1n) is 10.0. The number of benzene rings is 2. The van der Waals surface area contributed by atoms with E-state index in [0.717, 1.165) is 18.4 Å². The molecule has 0 radical (unpaired) electrons. The summed E-state index contributed by atoms with van der Waals surface area (Å²) in [6.45, 7) is 2.81. The van der Waals surface area contributed by atoms with Gasteiger partial charge in [-0.3, -0.25) is 4.79 Å². The van der Waals surface area contributed by atoms with Gasteiger partial charge in [-0.05, 0) is 29.9 Å². The van der Waals surface area contributed by atoms with Gasteiger partial charge < -0.3 is 9.32 Å². The van der Waals surface area contributed by atoms with Crippen LogP contribution in [-0.2, 0) is 17.8 Å². The van der Waals surface area contributed by atoms with E-state index >= 15 is 0 Å². The Morgan fingerprint density at radius 3 is 2.48 bits per heavy atom.